The largest absolute Gasteiger partial charge is 0.493 e. The highest BCUT2D eigenvalue weighted by atomic mass is 16.5. The summed E-state index contributed by atoms with van der Waals surface area (Å²) in [6.45, 7) is 3.11. The van der Waals surface area contributed by atoms with Gasteiger partial charge in [-0.05, 0) is 37.1 Å². The van der Waals surface area contributed by atoms with Gasteiger partial charge in [0.15, 0.2) is 11.5 Å². The zero-order valence-electron chi connectivity index (χ0n) is 20.5. The summed E-state index contributed by atoms with van der Waals surface area (Å²) in [5, 5.41) is 0. The second-order valence-corrected chi connectivity index (χ2v) is 7.93. The van der Waals surface area contributed by atoms with Crippen LogP contribution in [-0.2, 0) is 20.7 Å². The third-order valence-electron chi connectivity index (χ3n) is 5.41. The average molecular weight is 486 g/mol. The van der Waals surface area contributed by atoms with Crippen molar-refractivity contribution in [2.24, 2.45) is 0 Å². The SMILES string of the molecule is COc1ncc(C=CC(=O)N2CCOC(COc3ccc(CCC(C)=O)cc3OC)C2)c(OC)n1. The Bertz CT molecular complexity index is 1060. The molecule has 1 aliphatic rings. The molecule has 1 aromatic carbocycles. The zero-order valence-corrected chi connectivity index (χ0v) is 20.5. The first-order valence-corrected chi connectivity index (χ1v) is 11.3. The monoisotopic (exact) mass is 485 g/mol. The zero-order chi connectivity index (χ0) is 25.2. The Morgan fingerprint density at radius 2 is 2.00 bits per heavy atom. The lowest BCUT2D eigenvalue weighted by molar-refractivity contribution is -0.134. The van der Waals surface area contributed by atoms with Crippen LogP contribution in [0.1, 0.15) is 24.5 Å². The van der Waals surface area contributed by atoms with Crippen molar-refractivity contribution in [3.8, 4) is 23.4 Å². The highest BCUT2D eigenvalue weighted by Crippen LogP contribution is 2.29. The average Bonchev–Trinajstić information content (AvgIpc) is 2.89. The van der Waals surface area contributed by atoms with E-state index in [9.17, 15) is 9.59 Å². The molecule has 1 saturated heterocycles. The first kappa shape index (κ1) is 26.0. The number of Topliss-reactive ketones (excluding diaryl/α,β-unsaturated/α-hetero) is 1. The van der Waals surface area contributed by atoms with Gasteiger partial charge in [0, 0.05) is 25.2 Å². The molecule has 0 aliphatic carbocycles. The van der Waals surface area contributed by atoms with E-state index in [-0.39, 0.29) is 30.4 Å². The van der Waals surface area contributed by atoms with Gasteiger partial charge >= 0.3 is 6.01 Å². The molecule has 2 heterocycles. The van der Waals surface area contributed by atoms with Crippen molar-refractivity contribution in [3.63, 3.8) is 0 Å². The Morgan fingerprint density at radius 1 is 1.17 bits per heavy atom. The molecule has 3 rings (SSSR count). The van der Waals surface area contributed by atoms with Crippen molar-refractivity contribution < 1.29 is 33.3 Å². The maximum atomic E-state index is 12.8. The molecule has 0 N–H and O–H groups in total. The number of rotatable bonds is 11. The number of ketones is 1. The van der Waals surface area contributed by atoms with E-state index >= 15 is 0 Å². The van der Waals surface area contributed by atoms with Gasteiger partial charge in [-0.1, -0.05) is 6.07 Å². The van der Waals surface area contributed by atoms with Crippen molar-refractivity contribution in [2.45, 2.75) is 25.9 Å². The van der Waals surface area contributed by atoms with Crippen LogP contribution < -0.4 is 18.9 Å². The minimum Gasteiger partial charge on any atom is -0.493 e. The first-order valence-electron chi connectivity index (χ1n) is 11.3. The number of nitrogens with zero attached hydrogens (tertiary/aromatic N) is 3. The van der Waals surface area contributed by atoms with Crippen LogP contribution in [0.2, 0.25) is 0 Å². The maximum Gasteiger partial charge on any atom is 0.319 e. The number of aryl methyl sites for hydroxylation is 1. The molecule has 10 heteroatoms. The van der Waals surface area contributed by atoms with Crippen LogP contribution in [0, 0.1) is 0 Å². The number of hydrogen-bond donors (Lipinski definition) is 0. The van der Waals surface area contributed by atoms with Gasteiger partial charge in [0.1, 0.15) is 18.5 Å². The lowest BCUT2D eigenvalue weighted by Crippen LogP contribution is -2.47. The van der Waals surface area contributed by atoms with Gasteiger partial charge in [-0.2, -0.15) is 4.98 Å². The standard InChI is InChI=1S/C25H31N3O7/c1-17(29)5-6-18-7-9-21(22(13-18)31-2)35-16-20-15-28(11-12-34-20)23(30)10-8-19-14-26-25(33-4)27-24(19)32-3/h7-10,13-14,20H,5-6,11-12,15-16H2,1-4H3. The molecule has 1 amide bonds. The number of aromatic nitrogens is 2. The fourth-order valence-electron chi connectivity index (χ4n) is 3.51. The van der Waals surface area contributed by atoms with Gasteiger partial charge < -0.3 is 33.4 Å². The summed E-state index contributed by atoms with van der Waals surface area (Å²) in [4.78, 5) is 33.9. The molecule has 10 nitrogen and oxygen atoms in total. The predicted molar refractivity (Wildman–Crippen MR) is 128 cm³/mol. The fraction of sp³-hybridized carbons (Fsp3) is 0.440. The van der Waals surface area contributed by atoms with Gasteiger partial charge in [-0.3, -0.25) is 4.79 Å². The Labute approximate surface area is 204 Å². The maximum absolute atomic E-state index is 12.8. The second-order valence-electron chi connectivity index (χ2n) is 7.93. The highest BCUT2D eigenvalue weighted by molar-refractivity contribution is 5.92. The van der Waals surface area contributed by atoms with Gasteiger partial charge in [0.05, 0.1) is 40.0 Å². The smallest absolute Gasteiger partial charge is 0.319 e. The Kier molecular flexibility index (Phi) is 9.42. The number of hydrogen-bond acceptors (Lipinski definition) is 9. The molecule has 35 heavy (non-hydrogen) atoms. The minimum absolute atomic E-state index is 0.143. The van der Waals surface area contributed by atoms with E-state index in [1.54, 1.807) is 25.0 Å². The van der Waals surface area contributed by atoms with Gasteiger partial charge in [-0.15, -0.1) is 0 Å². The van der Waals surface area contributed by atoms with Gasteiger partial charge in [-0.25, -0.2) is 4.98 Å². The highest BCUT2D eigenvalue weighted by Gasteiger charge is 2.24. The summed E-state index contributed by atoms with van der Waals surface area (Å²) in [5.41, 5.74) is 1.56. The number of benzene rings is 1. The van der Waals surface area contributed by atoms with Crippen LogP contribution in [-0.4, -0.2) is 80.3 Å². The van der Waals surface area contributed by atoms with Crippen molar-refractivity contribution in [1.29, 1.82) is 0 Å². The van der Waals surface area contributed by atoms with Crippen LogP contribution in [0.15, 0.2) is 30.5 Å². The first-order chi connectivity index (χ1) is 16.9. The minimum atomic E-state index is -0.290. The van der Waals surface area contributed by atoms with Crippen LogP contribution in [0.25, 0.3) is 6.08 Å². The van der Waals surface area contributed by atoms with Gasteiger partial charge in [0.2, 0.25) is 11.8 Å². The molecular formula is C25H31N3O7. The molecule has 0 bridgehead atoms. The Morgan fingerprint density at radius 3 is 2.71 bits per heavy atom. The molecule has 0 radical (unpaired) electrons. The van der Waals surface area contributed by atoms with Crippen molar-refractivity contribution in [3.05, 3.63) is 41.6 Å². The lowest BCUT2D eigenvalue weighted by atomic mass is 10.1. The summed E-state index contributed by atoms with van der Waals surface area (Å²) in [6.07, 6.45) is 5.44. The molecule has 188 valence electrons. The number of methoxy groups -OCH3 is 3. The molecule has 1 unspecified atom stereocenters. The number of morpholine rings is 1. The quantitative estimate of drug-likeness (QED) is 0.443. The lowest BCUT2D eigenvalue weighted by Gasteiger charge is -2.32. The number of amides is 1. The van der Waals surface area contributed by atoms with E-state index in [1.165, 1.54) is 26.5 Å². The number of ether oxygens (including phenoxy) is 5. The topological polar surface area (TPSA) is 109 Å². The van der Waals surface area contributed by atoms with E-state index < -0.39 is 0 Å². The van der Waals surface area contributed by atoms with Crippen LogP contribution in [0.4, 0.5) is 0 Å². The molecule has 0 saturated carbocycles. The van der Waals surface area contributed by atoms with E-state index in [0.29, 0.717) is 55.5 Å². The molecule has 1 aromatic heterocycles. The van der Waals surface area contributed by atoms with Gasteiger partial charge in [0.25, 0.3) is 0 Å². The second kappa shape index (κ2) is 12.7. The molecular weight excluding hydrogens is 454 g/mol. The summed E-state index contributed by atoms with van der Waals surface area (Å²) < 4.78 is 27.4. The molecule has 0 spiro atoms. The Hall–Kier alpha value is -3.66. The predicted octanol–water partition coefficient (Wildman–Crippen LogP) is 2.34. The van der Waals surface area contributed by atoms with E-state index in [0.717, 1.165) is 5.56 Å². The van der Waals surface area contributed by atoms with Crippen LogP contribution >= 0.6 is 0 Å². The summed E-state index contributed by atoms with van der Waals surface area (Å²) in [7, 11) is 4.53. The third-order valence-corrected chi connectivity index (χ3v) is 5.41. The van der Waals surface area contributed by atoms with E-state index in [4.69, 9.17) is 23.7 Å². The summed E-state index contributed by atoms with van der Waals surface area (Å²) >= 11 is 0. The Balaban J connectivity index is 1.57. The molecule has 1 fully saturated rings. The van der Waals surface area contributed by atoms with E-state index in [1.807, 2.05) is 18.2 Å². The van der Waals surface area contributed by atoms with E-state index in [2.05, 4.69) is 9.97 Å². The normalized spacial score (nSPS) is 15.7. The molecule has 1 aliphatic heterocycles. The molecule has 1 atom stereocenters. The van der Waals surface area contributed by atoms with Crippen LogP contribution in [0.3, 0.4) is 0 Å². The number of carbonyl (C=O) groups is 2. The summed E-state index contributed by atoms with van der Waals surface area (Å²) in [5.74, 6) is 1.47. The fourth-order valence-corrected chi connectivity index (χ4v) is 3.51. The number of carbonyl (C=O) groups excluding carboxylic acids is 2. The van der Waals surface area contributed by atoms with Crippen molar-refractivity contribution in [1.82, 2.24) is 14.9 Å². The molecule has 2 aromatic rings. The summed E-state index contributed by atoms with van der Waals surface area (Å²) in [6, 6.07) is 5.80. The van der Waals surface area contributed by atoms with Crippen molar-refractivity contribution in [2.75, 3.05) is 47.6 Å². The third kappa shape index (κ3) is 7.41. The van der Waals surface area contributed by atoms with Crippen LogP contribution in [0.5, 0.6) is 23.4 Å². The van der Waals surface area contributed by atoms with Crippen molar-refractivity contribution >= 4 is 17.8 Å².